The largest absolute Gasteiger partial charge is 0.478 e. The second kappa shape index (κ2) is 5.06. The molecule has 0 fully saturated rings. The van der Waals surface area contributed by atoms with Crippen LogP contribution in [0.3, 0.4) is 0 Å². The van der Waals surface area contributed by atoms with Crippen LogP contribution in [0.4, 0.5) is 26.3 Å². The number of rotatable bonds is 3. The molecule has 0 spiro atoms. The van der Waals surface area contributed by atoms with Crippen LogP contribution in [0.15, 0.2) is 12.2 Å². The molecule has 0 atom stereocenters. The first-order chi connectivity index (χ1) is 7.44. The molecule has 0 aliphatic carbocycles. The van der Waals surface area contributed by atoms with Crippen LogP contribution in [-0.2, 0) is 14.3 Å². The van der Waals surface area contributed by atoms with Crippen LogP contribution in [0.2, 0.25) is 0 Å². The summed E-state index contributed by atoms with van der Waals surface area (Å²) in [5.74, 6) is -3.79. The second-order valence-corrected chi connectivity index (χ2v) is 2.57. The third-order valence-corrected chi connectivity index (χ3v) is 1.19. The Morgan fingerprint density at radius 3 is 1.71 bits per heavy atom. The van der Waals surface area contributed by atoms with Crippen LogP contribution in [0.25, 0.3) is 0 Å². The maximum atomic E-state index is 11.8. The van der Waals surface area contributed by atoms with E-state index in [1.165, 1.54) is 0 Å². The van der Waals surface area contributed by atoms with E-state index in [9.17, 15) is 35.9 Å². The summed E-state index contributed by atoms with van der Waals surface area (Å²) >= 11 is 0. The zero-order chi connectivity index (χ0) is 13.9. The molecule has 0 radical (unpaired) electrons. The van der Waals surface area contributed by atoms with Gasteiger partial charge in [-0.05, 0) is 0 Å². The highest BCUT2D eigenvalue weighted by Crippen LogP contribution is 2.35. The minimum atomic E-state index is -5.83. The van der Waals surface area contributed by atoms with Crippen molar-refractivity contribution in [1.82, 2.24) is 0 Å². The Balaban J connectivity index is 4.80. The maximum absolute atomic E-state index is 11.8. The lowest BCUT2D eigenvalue weighted by atomic mass is 10.3. The van der Waals surface area contributed by atoms with Gasteiger partial charge in [0.05, 0.1) is 0 Å². The Morgan fingerprint density at radius 1 is 1.00 bits per heavy atom. The van der Waals surface area contributed by atoms with Crippen LogP contribution < -0.4 is 0 Å². The Labute approximate surface area is 89.5 Å². The minimum absolute atomic E-state index is 0.0478. The van der Waals surface area contributed by atoms with Crippen LogP contribution in [0.1, 0.15) is 0 Å². The highest BCUT2D eigenvalue weighted by atomic mass is 19.4. The van der Waals surface area contributed by atoms with Gasteiger partial charge < -0.3 is 9.84 Å². The summed E-state index contributed by atoms with van der Waals surface area (Å²) in [5, 5.41) is 7.98. The summed E-state index contributed by atoms with van der Waals surface area (Å²) in [4.78, 5) is 20.3. The standard InChI is InChI=1S/C7H4F6O4/c8-6(9,10)5(7(11,12)13)17-4(16)2-1-3(14)15/h1-2,5H,(H,14,15). The highest BCUT2D eigenvalue weighted by Gasteiger charge is 2.59. The van der Waals surface area contributed by atoms with E-state index < -0.39 is 30.4 Å². The predicted octanol–water partition coefficient (Wildman–Crippen LogP) is 1.66. The van der Waals surface area contributed by atoms with Gasteiger partial charge in [0.25, 0.3) is 6.10 Å². The zero-order valence-electron chi connectivity index (χ0n) is 7.67. The molecule has 0 aromatic carbocycles. The van der Waals surface area contributed by atoms with Crippen molar-refractivity contribution in [2.45, 2.75) is 18.5 Å². The lowest BCUT2D eigenvalue weighted by Crippen LogP contribution is -2.45. The van der Waals surface area contributed by atoms with Crippen molar-refractivity contribution in [2.24, 2.45) is 0 Å². The molecule has 10 heteroatoms. The zero-order valence-corrected chi connectivity index (χ0v) is 7.67. The number of hydrogen-bond donors (Lipinski definition) is 1. The number of ether oxygens (including phenoxy) is 1. The van der Waals surface area contributed by atoms with Gasteiger partial charge in [-0.15, -0.1) is 0 Å². The number of carbonyl (C=O) groups excluding carboxylic acids is 1. The number of aliphatic carboxylic acids is 1. The Hall–Kier alpha value is -1.74. The molecule has 0 aromatic heterocycles. The number of carboxylic acid groups (broad SMARTS) is 1. The highest BCUT2D eigenvalue weighted by molar-refractivity contribution is 5.90. The molecule has 4 nitrogen and oxygen atoms in total. The summed E-state index contributed by atoms with van der Waals surface area (Å²) in [7, 11) is 0. The fraction of sp³-hybridized carbons (Fsp3) is 0.429. The summed E-state index contributed by atoms with van der Waals surface area (Å²) < 4.78 is 74.1. The number of alkyl halides is 6. The van der Waals surface area contributed by atoms with Crippen molar-refractivity contribution in [3.05, 3.63) is 12.2 Å². The van der Waals surface area contributed by atoms with Gasteiger partial charge in [0.15, 0.2) is 0 Å². The van der Waals surface area contributed by atoms with Gasteiger partial charge in [0, 0.05) is 12.2 Å². The number of carbonyl (C=O) groups is 2. The molecule has 0 aromatic rings. The van der Waals surface area contributed by atoms with Gasteiger partial charge in [-0.3, -0.25) is 0 Å². The van der Waals surface area contributed by atoms with Gasteiger partial charge in [0.2, 0.25) is 0 Å². The van der Waals surface area contributed by atoms with Gasteiger partial charge in [0.1, 0.15) is 0 Å². The molecule has 17 heavy (non-hydrogen) atoms. The van der Waals surface area contributed by atoms with E-state index in [4.69, 9.17) is 5.11 Å². The van der Waals surface area contributed by atoms with Crippen LogP contribution in [0.5, 0.6) is 0 Å². The first kappa shape index (κ1) is 15.3. The lowest BCUT2D eigenvalue weighted by Gasteiger charge is -2.21. The van der Waals surface area contributed by atoms with Crippen LogP contribution in [-0.4, -0.2) is 35.5 Å². The summed E-state index contributed by atoms with van der Waals surface area (Å²) in [5.41, 5.74) is 0. The average molecular weight is 266 g/mol. The van der Waals surface area contributed by atoms with Crippen molar-refractivity contribution in [2.75, 3.05) is 0 Å². The normalized spacial score (nSPS) is 13.1. The molecule has 0 heterocycles. The number of hydrogen-bond acceptors (Lipinski definition) is 3. The van der Waals surface area contributed by atoms with Gasteiger partial charge >= 0.3 is 24.3 Å². The monoisotopic (exact) mass is 266 g/mol. The summed E-state index contributed by atoms with van der Waals surface area (Å²) in [6.45, 7) is 0. The smallest absolute Gasteiger partial charge is 0.434 e. The fourth-order valence-corrected chi connectivity index (χ4v) is 0.614. The lowest BCUT2D eigenvalue weighted by molar-refractivity contribution is -0.312. The molecular weight excluding hydrogens is 262 g/mol. The molecule has 0 rings (SSSR count). The van der Waals surface area contributed by atoms with Crippen molar-refractivity contribution < 1.29 is 45.8 Å². The van der Waals surface area contributed by atoms with E-state index in [1.54, 1.807) is 0 Å². The number of halogens is 6. The first-order valence-corrected chi connectivity index (χ1v) is 3.69. The van der Waals surface area contributed by atoms with Crippen molar-refractivity contribution in [3.8, 4) is 0 Å². The Morgan fingerprint density at radius 2 is 1.41 bits per heavy atom. The quantitative estimate of drug-likeness (QED) is 0.479. The van der Waals surface area contributed by atoms with E-state index in [2.05, 4.69) is 4.74 Å². The average Bonchev–Trinajstić information content (AvgIpc) is 2.07. The molecule has 1 N–H and O–H groups in total. The van der Waals surface area contributed by atoms with Gasteiger partial charge in [-0.2, -0.15) is 26.3 Å². The molecule has 0 saturated carbocycles. The Bertz CT molecular complexity index is 314. The van der Waals surface area contributed by atoms with Crippen molar-refractivity contribution in [1.29, 1.82) is 0 Å². The summed E-state index contributed by atoms with van der Waals surface area (Å²) in [6, 6.07) is 0. The minimum Gasteiger partial charge on any atom is -0.478 e. The molecule has 0 amide bonds. The third-order valence-electron chi connectivity index (χ3n) is 1.19. The molecule has 0 unspecified atom stereocenters. The Kier molecular flexibility index (Phi) is 4.54. The van der Waals surface area contributed by atoms with E-state index in [1.807, 2.05) is 0 Å². The van der Waals surface area contributed by atoms with Crippen molar-refractivity contribution in [3.63, 3.8) is 0 Å². The summed E-state index contributed by atoms with van der Waals surface area (Å²) in [6.07, 6.45) is -16.0. The van der Waals surface area contributed by atoms with Crippen LogP contribution >= 0.6 is 0 Å². The number of carboxylic acids is 1. The van der Waals surface area contributed by atoms with Crippen LogP contribution in [0, 0.1) is 0 Å². The topological polar surface area (TPSA) is 63.6 Å². The second-order valence-electron chi connectivity index (χ2n) is 2.57. The molecule has 0 bridgehead atoms. The van der Waals surface area contributed by atoms with Gasteiger partial charge in [-0.25, -0.2) is 9.59 Å². The van der Waals surface area contributed by atoms with E-state index >= 15 is 0 Å². The maximum Gasteiger partial charge on any atom is 0.434 e. The molecule has 0 aliphatic heterocycles. The number of esters is 1. The molecular formula is C7H4F6O4. The SMILES string of the molecule is O=C(O)C=CC(=O)OC(C(F)(F)F)C(F)(F)F. The van der Waals surface area contributed by atoms with E-state index in [0.29, 0.717) is 0 Å². The first-order valence-electron chi connectivity index (χ1n) is 3.69. The molecule has 98 valence electrons. The fourth-order valence-electron chi connectivity index (χ4n) is 0.614. The molecule has 0 aliphatic rings. The third kappa shape index (κ3) is 5.78. The van der Waals surface area contributed by atoms with E-state index in [0.717, 1.165) is 0 Å². The van der Waals surface area contributed by atoms with E-state index in [-0.39, 0.29) is 12.2 Å². The van der Waals surface area contributed by atoms with Gasteiger partial charge in [-0.1, -0.05) is 0 Å². The van der Waals surface area contributed by atoms with Crippen molar-refractivity contribution >= 4 is 11.9 Å². The predicted molar refractivity (Wildman–Crippen MR) is 38.8 cm³/mol. The molecule has 0 saturated heterocycles.